The van der Waals surface area contributed by atoms with Crippen LogP contribution in [-0.2, 0) is 9.53 Å². The third-order valence-electron chi connectivity index (χ3n) is 3.53. The minimum absolute atomic E-state index is 0.0633. The van der Waals surface area contributed by atoms with Crippen LogP contribution in [0.25, 0.3) is 0 Å². The number of fused-ring (bicyclic) bond motifs is 1. The summed E-state index contributed by atoms with van der Waals surface area (Å²) in [4.78, 5) is 13.3. The molecule has 0 radical (unpaired) electrons. The molecule has 1 aliphatic heterocycles. The van der Waals surface area contributed by atoms with E-state index in [1.807, 2.05) is 29.6 Å². The third kappa shape index (κ3) is 4.05. The highest BCUT2D eigenvalue weighted by atomic mass is 32.1. The maximum Gasteiger partial charge on any atom is 0.264 e. The van der Waals surface area contributed by atoms with Crippen molar-refractivity contribution >= 4 is 17.2 Å². The Kier molecular flexibility index (Phi) is 5.68. The standard InChI is InChI=1S/C17H19NO5S/c19-7-8-21-14(16-6-3-9-24-16)10-18-17(20)15-11-22-12-4-1-2-5-13(12)23-15/h1-6,9,14-15,19H,7-8,10-11H2,(H,18,20)/t14-,15-/m0/s1. The van der Waals surface area contributed by atoms with Crippen LogP contribution in [0.5, 0.6) is 11.5 Å². The van der Waals surface area contributed by atoms with Crippen molar-refractivity contribution in [2.45, 2.75) is 12.2 Å². The summed E-state index contributed by atoms with van der Waals surface area (Å²) in [5.74, 6) is 0.957. The normalized spacial score (nSPS) is 17.3. The van der Waals surface area contributed by atoms with Gasteiger partial charge in [-0.1, -0.05) is 18.2 Å². The molecule has 2 aromatic rings. The molecule has 1 aromatic carbocycles. The minimum atomic E-state index is -0.693. The van der Waals surface area contributed by atoms with E-state index in [9.17, 15) is 4.79 Å². The van der Waals surface area contributed by atoms with Gasteiger partial charge in [-0.3, -0.25) is 4.79 Å². The molecule has 1 amide bonds. The second-order valence-electron chi connectivity index (χ2n) is 5.21. The Morgan fingerprint density at radius 2 is 2.17 bits per heavy atom. The van der Waals surface area contributed by atoms with Crippen LogP contribution in [0, 0.1) is 0 Å². The molecule has 0 spiro atoms. The highest BCUT2D eigenvalue weighted by molar-refractivity contribution is 7.10. The molecule has 6 nitrogen and oxygen atoms in total. The number of carbonyl (C=O) groups is 1. The first-order chi connectivity index (χ1) is 11.8. The summed E-state index contributed by atoms with van der Waals surface area (Å²) in [6.07, 6.45) is -0.986. The number of thiophene rings is 1. The first-order valence-electron chi connectivity index (χ1n) is 7.70. The number of amides is 1. The quantitative estimate of drug-likeness (QED) is 0.796. The molecule has 2 N–H and O–H groups in total. The number of aliphatic hydroxyl groups is 1. The minimum Gasteiger partial charge on any atom is -0.485 e. The first-order valence-corrected chi connectivity index (χ1v) is 8.58. The van der Waals surface area contributed by atoms with Gasteiger partial charge in [0.1, 0.15) is 12.7 Å². The molecule has 1 aliphatic rings. The SMILES string of the molecule is O=C(NC[C@H](OCCO)c1cccs1)[C@@H]1COc2ccccc2O1. The Labute approximate surface area is 144 Å². The number of para-hydroxylation sites is 2. The number of nitrogens with one attached hydrogen (secondary N) is 1. The Balaban J connectivity index is 1.56. The molecule has 24 heavy (non-hydrogen) atoms. The van der Waals surface area contributed by atoms with Gasteiger partial charge in [-0.05, 0) is 23.6 Å². The molecule has 0 saturated heterocycles. The maximum atomic E-state index is 12.3. The molecule has 2 atom stereocenters. The number of hydrogen-bond acceptors (Lipinski definition) is 6. The summed E-state index contributed by atoms with van der Waals surface area (Å²) in [5, 5.41) is 13.7. The summed E-state index contributed by atoms with van der Waals surface area (Å²) >= 11 is 1.55. The number of hydrogen-bond donors (Lipinski definition) is 2. The van der Waals surface area contributed by atoms with E-state index in [-0.39, 0.29) is 31.8 Å². The van der Waals surface area contributed by atoms with E-state index >= 15 is 0 Å². The summed E-state index contributed by atoms with van der Waals surface area (Å²) in [7, 11) is 0. The molecule has 0 unspecified atom stereocenters. The number of aliphatic hydroxyl groups excluding tert-OH is 1. The van der Waals surface area contributed by atoms with Crippen molar-refractivity contribution in [2.24, 2.45) is 0 Å². The molecule has 2 heterocycles. The van der Waals surface area contributed by atoms with E-state index < -0.39 is 6.10 Å². The van der Waals surface area contributed by atoms with Crippen molar-refractivity contribution in [1.29, 1.82) is 0 Å². The van der Waals surface area contributed by atoms with Crippen LogP contribution in [0.1, 0.15) is 11.0 Å². The molecule has 1 aromatic heterocycles. The zero-order valence-electron chi connectivity index (χ0n) is 13.0. The maximum absolute atomic E-state index is 12.3. The number of carbonyl (C=O) groups excluding carboxylic acids is 1. The number of ether oxygens (including phenoxy) is 3. The van der Waals surface area contributed by atoms with Crippen LogP contribution in [0.15, 0.2) is 41.8 Å². The third-order valence-corrected chi connectivity index (χ3v) is 4.50. The van der Waals surface area contributed by atoms with Gasteiger partial charge >= 0.3 is 0 Å². The number of rotatable bonds is 7. The lowest BCUT2D eigenvalue weighted by Crippen LogP contribution is -2.45. The molecule has 7 heteroatoms. The Bertz CT molecular complexity index is 661. The molecule has 0 aliphatic carbocycles. The van der Waals surface area contributed by atoms with Crippen LogP contribution in [0.4, 0.5) is 0 Å². The molecular formula is C17H19NO5S. The predicted molar refractivity (Wildman–Crippen MR) is 89.5 cm³/mol. The molecule has 3 rings (SSSR count). The molecular weight excluding hydrogens is 330 g/mol. The fourth-order valence-corrected chi connectivity index (χ4v) is 3.14. The van der Waals surface area contributed by atoms with Crippen molar-refractivity contribution in [1.82, 2.24) is 5.32 Å². The smallest absolute Gasteiger partial charge is 0.264 e. The van der Waals surface area contributed by atoms with E-state index in [1.165, 1.54) is 0 Å². The van der Waals surface area contributed by atoms with E-state index in [4.69, 9.17) is 19.3 Å². The van der Waals surface area contributed by atoms with Gasteiger partial charge in [0.2, 0.25) is 6.10 Å². The van der Waals surface area contributed by atoms with Crippen LogP contribution in [0.3, 0.4) is 0 Å². The first kappa shape index (κ1) is 16.8. The molecule has 0 saturated carbocycles. The fraction of sp³-hybridized carbons (Fsp3) is 0.353. The molecule has 0 bridgehead atoms. The van der Waals surface area contributed by atoms with Crippen LogP contribution in [0.2, 0.25) is 0 Å². The average molecular weight is 349 g/mol. The topological polar surface area (TPSA) is 77.0 Å². The summed E-state index contributed by atoms with van der Waals surface area (Å²) in [6, 6.07) is 11.1. The second-order valence-corrected chi connectivity index (χ2v) is 6.19. The second kappa shape index (κ2) is 8.14. The molecule has 0 fully saturated rings. The summed E-state index contributed by atoms with van der Waals surface area (Å²) < 4.78 is 16.8. The van der Waals surface area contributed by atoms with Crippen LogP contribution in [-0.4, -0.2) is 43.5 Å². The van der Waals surface area contributed by atoms with Gasteiger partial charge in [-0.2, -0.15) is 0 Å². The zero-order valence-corrected chi connectivity index (χ0v) is 13.8. The van der Waals surface area contributed by atoms with Gasteiger partial charge in [0.25, 0.3) is 5.91 Å². The van der Waals surface area contributed by atoms with Crippen LogP contribution < -0.4 is 14.8 Å². The van der Waals surface area contributed by atoms with Crippen molar-refractivity contribution in [2.75, 3.05) is 26.4 Å². The van der Waals surface area contributed by atoms with E-state index in [2.05, 4.69) is 5.32 Å². The Morgan fingerprint density at radius 1 is 1.33 bits per heavy atom. The zero-order chi connectivity index (χ0) is 16.8. The predicted octanol–water partition coefficient (Wildman–Crippen LogP) is 1.75. The average Bonchev–Trinajstić information content (AvgIpc) is 3.15. The Hall–Kier alpha value is -2.09. The van der Waals surface area contributed by atoms with Gasteiger partial charge in [-0.25, -0.2) is 0 Å². The van der Waals surface area contributed by atoms with E-state index in [1.54, 1.807) is 23.5 Å². The molecule has 128 valence electrons. The Morgan fingerprint density at radius 3 is 2.92 bits per heavy atom. The van der Waals surface area contributed by atoms with Crippen molar-refractivity contribution in [3.8, 4) is 11.5 Å². The highest BCUT2D eigenvalue weighted by Crippen LogP contribution is 2.31. The van der Waals surface area contributed by atoms with Gasteiger partial charge in [0.05, 0.1) is 13.2 Å². The van der Waals surface area contributed by atoms with E-state index in [0.717, 1.165) is 4.88 Å². The lowest BCUT2D eigenvalue weighted by Gasteiger charge is -2.26. The largest absolute Gasteiger partial charge is 0.485 e. The van der Waals surface area contributed by atoms with Crippen molar-refractivity contribution in [3.05, 3.63) is 46.7 Å². The lowest BCUT2D eigenvalue weighted by atomic mass is 10.2. The van der Waals surface area contributed by atoms with E-state index in [0.29, 0.717) is 18.0 Å². The van der Waals surface area contributed by atoms with Gasteiger partial charge in [0, 0.05) is 11.4 Å². The van der Waals surface area contributed by atoms with Gasteiger partial charge in [0.15, 0.2) is 11.5 Å². The summed E-state index contributed by atoms with van der Waals surface area (Å²) in [6.45, 7) is 0.631. The monoisotopic (exact) mass is 349 g/mol. The number of benzene rings is 1. The van der Waals surface area contributed by atoms with Crippen molar-refractivity contribution < 1.29 is 24.1 Å². The van der Waals surface area contributed by atoms with Gasteiger partial charge < -0.3 is 24.6 Å². The summed E-state index contributed by atoms with van der Waals surface area (Å²) in [5.41, 5.74) is 0. The van der Waals surface area contributed by atoms with Crippen LogP contribution >= 0.6 is 11.3 Å². The highest BCUT2D eigenvalue weighted by Gasteiger charge is 2.27. The fourth-order valence-electron chi connectivity index (χ4n) is 2.37. The van der Waals surface area contributed by atoms with Gasteiger partial charge in [-0.15, -0.1) is 11.3 Å². The van der Waals surface area contributed by atoms with Crippen molar-refractivity contribution in [3.63, 3.8) is 0 Å². The lowest BCUT2D eigenvalue weighted by molar-refractivity contribution is -0.131.